The second kappa shape index (κ2) is 7.49. The van der Waals surface area contributed by atoms with Crippen molar-refractivity contribution in [2.45, 2.75) is 20.4 Å². The van der Waals surface area contributed by atoms with Gasteiger partial charge >= 0.3 is 0 Å². The quantitative estimate of drug-likeness (QED) is 0.766. The van der Waals surface area contributed by atoms with Crippen molar-refractivity contribution in [3.8, 4) is 11.3 Å². The van der Waals surface area contributed by atoms with Crippen LogP contribution in [-0.2, 0) is 11.3 Å². The van der Waals surface area contributed by atoms with Gasteiger partial charge in [-0.05, 0) is 37.6 Å². The standard InChI is InChI=1S/C20H17F2N3O2/c1-12-3-5-15(13(2)9-12)17-7-8-20(27)25(24-17)11-19(26)23-18-6-4-14(21)10-16(18)22/h3-10H,11H2,1-2H3,(H,23,26). The lowest BCUT2D eigenvalue weighted by molar-refractivity contribution is -0.117. The molecule has 0 atom stereocenters. The molecule has 3 aromatic rings. The van der Waals surface area contributed by atoms with Crippen LogP contribution >= 0.6 is 0 Å². The molecule has 5 nitrogen and oxygen atoms in total. The molecule has 1 N–H and O–H groups in total. The Morgan fingerprint density at radius 3 is 2.56 bits per heavy atom. The van der Waals surface area contributed by atoms with Gasteiger partial charge in [0.1, 0.15) is 18.2 Å². The summed E-state index contributed by atoms with van der Waals surface area (Å²) in [6.45, 7) is 3.52. The molecule has 0 saturated heterocycles. The number of aromatic nitrogens is 2. The van der Waals surface area contributed by atoms with Crippen molar-refractivity contribution in [3.05, 3.63) is 81.6 Å². The summed E-state index contributed by atoms with van der Waals surface area (Å²) in [5.41, 5.74) is 2.86. The first kappa shape index (κ1) is 18.4. The van der Waals surface area contributed by atoms with Gasteiger partial charge in [-0.3, -0.25) is 9.59 Å². The molecule has 0 aliphatic rings. The van der Waals surface area contributed by atoms with E-state index in [0.717, 1.165) is 33.5 Å². The molecule has 7 heteroatoms. The van der Waals surface area contributed by atoms with Crippen molar-refractivity contribution >= 4 is 11.6 Å². The van der Waals surface area contributed by atoms with Gasteiger partial charge in [0.25, 0.3) is 5.56 Å². The molecule has 0 saturated carbocycles. The molecule has 138 valence electrons. The van der Waals surface area contributed by atoms with Crippen LogP contribution in [0, 0.1) is 25.5 Å². The van der Waals surface area contributed by atoms with E-state index < -0.39 is 29.6 Å². The Morgan fingerprint density at radius 1 is 1.07 bits per heavy atom. The third-order valence-electron chi connectivity index (χ3n) is 4.02. The van der Waals surface area contributed by atoms with Crippen molar-refractivity contribution in [2.24, 2.45) is 0 Å². The van der Waals surface area contributed by atoms with Gasteiger partial charge in [-0.2, -0.15) is 5.10 Å². The number of nitrogens with one attached hydrogen (secondary N) is 1. The van der Waals surface area contributed by atoms with Crippen LogP contribution in [0.5, 0.6) is 0 Å². The maximum Gasteiger partial charge on any atom is 0.267 e. The zero-order valence-corrected chi connectivity index (χ0v) is 14.8. The number of amides is 1. The maximum absolute atomic E-state index is 13.7. The number of aryl methyl sites for hydroxylation is 2. The lowest BCUT2D eigenvalue weighted by atomic mass is 10.0. The van der Waals surface area contributed by atoms with Crippen molar-refractivity contribution in [3.63, 3.8) is 0 Å². The largest absolute Gasteiger partial charge is 0.322 e. The average Bonchev–Trinajstić information content (AvgIpc) is 2.60. The summed E-state index contributed by atoms with van der Waals surface area (Å²) in [6.07, 6.45) is 0. The summed E-state index contributed by atoms with van der Waals surface area (Å²) in [6, 6.07) is 11.6. The van der Waals surface area contributed by atoms with Gasteiger partial charge in [0.05, 0.1) is 11.4 Å². The van der Waals surface area contributed by atoms with E-state index in [4.69, 9.17) is 0 Å². The van der Waals surface area contributed by atoms with Crippen molar-refractivity contribution < 1.29 is 13.6 Å². The Labute approximate surface area is 154 Å². The molecule has 0 unspecified atom stereocenters. The summed E-state index contributed by atoms with van der Waals surface area (Å²) in [5, 5.41) is 6.55. The average molecular weight is 369 g/mol. The maximum atomic E-state index is 13.7. The Bertz CT molecular complexity index is 1080. The molecule has 2 aromatic carbocycles. The van der Waals surface area contributed by atoms with E-state index >= 15 is 0 Å². The van der Waals surface area contributed by atoms with Crippen LogP contribution in [-0.4, -0.2) is 15.7 Å². The molecule has 0 radical (unpaired) electrons. The second-order valence-corrected chi connectivity index (χ2v) is 6.21. The Morgan fingerprint density at radius 2 is 1.85 bits per heavy atom. The predicted molar refractivity (Wildman–Crippen MR) is 98.4 cm³/mol. The number of benzene rings is 2. The van der Waals surface area contributed by atoms with E-state index in [0.29, 0.717) is 11.8 Å². The number of anilines is 1. The lowest BCUT2D eigenvalue weighted by Crippen LogP contribution is -2.29. The van der Waals surface area contributed by atoms with E-state index in [9.17, 15) is 18.4 Å². The number of halogens is 2. The number of hydrogen-bond acceptors (Lipinski definition) is 3. The molecule has 0 bridgehead atoms. The van der Waals surface area contributed by atoms with Gasteiger partial charge in [-0.15, -0.1) is 0 Å². The fourth-order valence-corrected chi connectivity index (χ4v) is 2.72. The molecular formula is C20H17F2N3O2. The number of carbonyl (C=O) groups is 1. The minimum absolute atomic E-state index is 0.167. The van der Waals surface area contributed by atoms with Gasteiger partial charge < -0.3 is 5.32 Å². The van der Waals surface area contributed by atoms with Crippen LogP contribution < -0.4 is 10.9 Å². The zero-order chi connectivity index (χ0) is 19.6. The first-order chi connectivity index (χ1) is 12.8. The van der Waals surface area contributed by atoms with Crippen LogP contribution in [0.4, 0.5) is 14.5 Å². The fourth-order valence-electron chi connectivity index (χ4n) is 2.72. The molecule has 0 fully saturated rings. The monoisotopic (exact) mass is 369 g/mol. The predicted octanol–water partition coefficient (Wildman–Crippen LogP) is 3.44. The van der Waals surface area contributed by atoms with Crippen LogP contribution in [0.1, 0.15) is 11.1 Å². The van der Waals surface area contributed by atoms with Gasteiger partial charge in [-0.1, -0.05) is 23.8 Å². The number of hydrogen-bond donors (Lipinski definition) is 1. The highest BCUT2D eigenvalue weighted by Gasteiger charge is 2.12. The van der Waals surface area contributed by atoms with E-state index in [1.54, 1.807) is 6.07 Å². The first-order valence-electron chi connectivity index (χ1n) is 8.24. The third kappa shape index (κ3) is 4.25. The topological polar surface area (TPSA) is 64.0 Å². The van der Waals surface area contributed by atoms with Gasteiger partial charge in [0.15, 0.2) is 0 Å². The van der Waals surface area contributed by atoms with Crippen molar-refractivity contribution in [1.82, 2.24) is 9.78 Å². The summed E-state index contributed by atoms with van der Waals surface area (Å²) < 4.78 is 27.6. The van der Waals surface area contributed by atoms with Crippen LogP contribution in [0.15, 0.2) is 53.3 Å². The van der Waals surface area contributed by atoms with Crippen LogP contribution in [0.25, 0.3) is 11.3 Å². The molecule has 27 heavy (non-hydrogen) atoms. The zero-order valence-electron chi connectivity index (χ0n) is 14.8. The van der Waals surface area contributed by atoms with E-state index in [2.05, 4.69) is 10.4 Å². The molecule has 1 aromatic heterocycles. The highest BCUT2D eigenvalue weighted by Crippen LogP contribution is 2.21. The van der Waals surface area contributed by atoms with E-state index in [1.807, 2.05) is 32.0 Å². The van der Waals surface area contributed by atoms with Gasteiger partial charge in [-0.25, -0.2) is 13.5 Å². The van der Waals surface area contributed by atoms with E-state index in [-0.39, 0.29) is 5.69 Å². The molecule has 3 rings (SSSR count). The minimum atomic E-state index is -0.896. The molecule has 0 aliphatic heterocycles. The Kier molecular flexibility index (Phi) is 5.12. The van der Waals surface area contributed by atoms with Crippen molar-refractivity contribution in [1.29, 1.82) is 0 Å². The van der Waals surface area contributed by atoms with E-state index in [1.165, 1.54) is 6.07 Å². The smallest absolute Gasteiger partial charge is 0.267 e. The summed E-state index contributed by atoms with van der Waals surface area (Å²) in [7, 11) is 0. The fraction of sp³-hybridized carbons (Fsp3) is 0.150. The Hall–Kier alpha value is -3.35. The van der Waals surface area contributed by atoms with Gasteiger partial charge in [0.2, 0.25) is 5.91 Å². The number of nitrogens with zero attached hydrogens (tertiary/aromatic N) is 2. The van der Waals surface area contributed by atoms with Crippen LogP contribution in [0.3, 0.4) is 0 Å². The third-order valence-corrected chi connectivity index (χ3v) is 4.02. The number of rotatable bonds is 4. The minimum Gasteiger partial charge on any atom is -0.322 e. The second-order valence-electron chi connectivity index (χ2n) is 6.21. The normalized spacial score (nSPS) is 10.7. The molecular weight excluding hydrogens is 352 g/mol. The highest BCUT2D eigenvalue weighted by molar-refractivity contribution is 5.90. The molecule has 0 aliphatic carbocycles. The molecule has 1 amide bonds. The Balaban J connectivity index is 1.84. The SMILES string of the molecule is Cc1ccc(-c2ccc(=O)n(CC(=O)Nc3ccc(F)cc3F)n2)c(C)c1. The first-order valence-corrected chi connectivity index (χ1v) is 8.24. The van der Waals surface area contributed by atoms with Gasteiger partial charge in [0, 0.05) is 17.7 Å². The number of carbonyl (C=O) groups excluding carboxylic acids is 1. The molecule has 1 heterocycles. The summed E-state index contributed by atoms with van der Waals surface area (Å²) in [4.78, 5) is 24.2. The summed E-state index contributed by atoms with van der Waals surface area (Å²) in [5.74, 6) is -2.29. The lowest BCUT2D eigenvalue weighted by Gasteiger charge is -2.10. The highest BCUT2D eigenvalue weighted by atomic mass is 19.1. The van der Waals surface area contributed by atoms with Crippen molar-refractivity contribution in [2.75, 3.05) is 5.32 Å². The summed E-state index contributed by atoms with van der Waals surface area (Å²) >= 11 is 0. The molecule has 0 spiro atoms. The van der Waals surface area contributed by atoms with Crippen LogP contribution in [0.2, 0.25) is 0 Å².